The van der Waals surface area contributed by atoms with Crippen LogP contribution < -0.4 is 23.8 Å². The van der Waals surface area contributed by atoms with Crippen molar-refractivity contribution in [1.29, 1.82) is 0 Å². The van der Waals surface area contributed by atoms with Gasteiger partial charge in [0.2, 0.25) is 5.91 Å². The van der Waals surface area contributed by atoms with Crippen molar-refractivity contribution >= 4 is 27.3 Å². The molecule has 0 spiro atoms. The molecule has 4 aromatic rings. The number of amides is 1. The summed E-state index contributed by atoms with van der Waals surface area (Å²) in [6.45, 7) is -0.475. The number of para-hydroxylation sites is 3. The van der Waals surface area contributed by atoms with Crippen molar-refractivity contribution in [1.82, 2.24) is 0 Å². The molecule has 1 N–H and O–H groups in total. The Morgan fingerprint density at radius 3 is 1.97 bits per heavy atom. The van der Waals surface area contributed by atoms with Crippen LogP contribution in [0.2, 0.25) is 0 Å². The first-order chi connectivity index (χ1) is 17.9. The molecule has 1 amide bonds. The summed E-state index contributed by atoms with van der Waals surface area (Å²) < 4.78 is 44.6. The van der Waals surface area contributed by atoms with Crippen LogP contribution in [0.5, 0.6) is 23.0 Å². The van der Waals surface area contributed by atoms with E-state index in [1.54, 1.807) is 60.7 Å². The minimum Gasteiger partial charge on any atom is -0.497 e. The van der Waals surface area contributed by atoms with E-state index < -0.39 is 22.5 Å². The number of carbonyl (C=O) groups is 1. The maximum absolute atomic E-state index is 13.6. The molecule has 0 heterocycles. The zero-order chi connectivity index (χ0) is 26.3. The molecule has 0 aliphatic carbocycles. The molecule has 0 saturated carbocycles. The van der Waals surface area contributed by atoms with Crippen LogP contribution >= 0.6 is 0 Å². The summed E-state index contributed by atoms with van der Waals surface area (Å²) in [5.41, 5.74) is 0.731. The predicted octanol–water partition coefficient (Wildman–Crippen LogP) is 5.33. The molecule has 37 heavy (non-hydrogen) atoms. The molecule has 0 bridgehead atoms. The van der Waals surface area contributed by atoms with Gasteiger partial charge in [-0.2, -0.15) is 0 Å². The lowest BCUT2D eigenvalue weighted by Crippen LogP contribution is -2.38. The van der Waals surface area contributed by atoms with Crippen molar-refractivity contribution in [3.63, 3.8) is 0 Å². The topological polar surface area (TPSA) is 94.2 Å². The Kier molecular flexibility index (Phi) is 7.95. The molecule has 0 aliphatic rings. The number of anilines is 2. The third kappa shape index (κ3) is 6.20. The van der Waals surface area contributed by atoms with Crippen LogP contribution in [0.25, 0.3) is 0 Å². The molecule has 0 aromatic heterocycles. The zero-order valence-corrected chi connectivity index (χ0v) is 21.1. The summed E-state index contributed by atoms with van der Waals surface area (Å²) in [4.78, 5) is 13.0. The van der Waals surface area contributed by atoms with E-state index in [4.69, 9.17) is 14.2 Å². The Labute approximate surface area is 216 Å². The highest BCUT2D eigenvalue weighted by molar-refractivity contribution is 7.92. The summed E-state index contributed by atoms with van der Waals surface area (Å²) in [6.07, 6.45) is 0. The predicted molar refractivity (Wildman–Crippen MR) is 142 cm³/mol. The van der Waals surface area contributed by atoms with E-state index in [0.717, 1.165) is 4.31 Å². The number of methoxy groups -OCH3 is 2. The van der Waals surface area contributed by atoms with Crippen LogP contribution in [0.1, 0.15) is 0 Å². The first kappa shape index (κ1) is 25.6. The molecule has 0 unspecified atom stereocenters. The Morgan fingerprint density at radius 1 is 0.730 bits per heavy atom. The minimum atomic E-state index is -4.12. The highest BCUT2D eigenvalue weighted by Gasteiger charge is 2.29. The molecule has 0 atom stereocenters. The summed E-state index contributed by atoms with van der Waals surface area (Å²) >= 11 is 0. The summed E-state index contributed by atoms with van der Waals surface area (Å²) in [7, 11) is -1.19. The molecule has 9 heteroatoms. The van der Waals surface area contributed by atoms with Crippen molar-refractivity contribution in [3.8, 4) is 23.0 Å². The number of hydrogen-bond acceptors (Lipinski definition) is 6. The highest BCUT2D eigenvalue weighted by atomic mass is 32.2. The lowest BCUT2D eigenvalue weighted by atomic mass is 10.3. The number of nitrogens with zero attached hydrogens (tertiary/aromatic N) is 1. The molecule has 0 fully saturated rings. The van der Waals surface area contributed by atoms with Crippen molar-refractivity contribution in [3.05, 3.63) is 103 Å². The molecule has 8 nitrogen and oxygen atoms in total. The molecular formula is C28H26N2O6S. The van der Waals surface area contributed by atoms with Crippen molar-refractivity contribution in [2.24, 2.45) is 0 Å². The Hall–Kier alpha value is -4.50. The van der Waals surface area contributed by atoms with Crippen molar-refractivity contribution < 1.29 is 27.4 Å². The maximum atomic E-state index is 13.6. The quantitative estimate of drug-likeness (QED) is 0.305. The number of ether oxygens (including phenoxy) is 3. The minimum absolute atomic E-state index is 0.00872. The van der Waals surface area contributed by atoms with Gasteiger partial charge in [0.05, 0.1) is 24.8 Å². The van der Waals surface area contributed by atoms with Crippen LogP contribution in [0.15, 0.2) is 108 Å². The van der Waals surface area contributed by atoms with Gasteiger partial charge in [0.25, 0.3) is 10.0 Å². The van der Waals surface area contributed by atoms with Crippen LogP contribution in [0.4, 0.5) is 11.4 Å². The molecule has 4 aromatic carbocycles. The number of nitrogens with one attached hydrogen (secondary N) is 1. The fourth-order valence-corrected chi connectivity index (χ4v) is 5.00. The van der Waals surface area contributed by atoms with E-state index in [0.29, 0.717) is 28.7 Å². The van der Waals surface area contributed by atoms with Crippen LogP contribution in [-0.2, 0) is 14.8 Å². The first-order valence-electron chi connectivity index (χ1n) is 11.3. The van der Waals surface area contributed by atoms with Crippen LogP contribution in [-0.4, -0.2) is 35.1 Å². The smallest absolute Gasteiger partial charge is 0.264 e. The second kappa shape index (κ2) is 11.5. The lowest BCUT2D eigenvalue weighted by Gasteiger charge is -2.25. The molecular weight excluding hydrogens is 492 g/mol. The normalized spacial score (nSPS) is 10.9. The monoisotopic (exact) mass is 518 g/mol. The van der Waals surface area contributed by atoms with Crippen molar-refractivity contribution in [2.75, 3.05) is 30.4 Å². The summed E-state index contributed by atoms with van der Waals surface area (Å²) in [6, 6.07) is 28.7. The van der Waals surface area contributed by atoms with Gasteiger partial charge in [0.1, 0.15) is 29.5 Å². The Bertz CT molecular complexity index is 1440. The Balaban J connectivity index is 1.56. The fraction of sp³-hybridized carbons (Fsp3) is 0.107. The maximum Gasteiger partial charge on any atom is 0.264 e. The van der Waals surface area contributed by atoms with E-state index in [9.17, 15) is 13.2 Å². The molecule has 0 saturated heterocycles. The van der Waals surface area contributed by atoms with Gasteiger partial charge in [0, 0.05) is 5.69 Å². The van der Waals surface area contributed by atoms with Gasteiger partial charge in [0.15, 0.2) is 0 Å². The second-order valence-electron chi connectivity index (χ2n) is 7.85. The van der Waals surface area contributed by atoms with E-state index in [1.807, 2.05) is 30.3 Å². The third-order valence-electron chi connectivity index (χ3n) is 5.41. The zero-order valence-electron chi connectivity index (χ0n) is 20.3. The second-order valence-corrected chi connectivity index (χ2v) is 9.71. The van der Waals surface area contributed by atoms with E-state index in [-0.39, 0.29) is 10.6 Å². The molecule has 0 aliphatic heterocycles. The lowest BCUT2D eigenvalue weighted by molar-refractivity contribution is -0.114. The van der Waals surface area contributed by atoms with Crippen LogP contribution in [0, 0.1) is 0 Å². The van der Waals surface area contributed by atoms with Gasteiger partial charge in [-0.15, -0.1) is 0 Å². The van der Waals surface area contributed by atoms with Gasteiger partial charge in [-0.05, 0) is 72.8 Å². The average Bonchev–Trinajstić information content (AvgIpc) is 2.93. The van der Waals surface area contributed by atoms with E-state index >= 15 is 0 Å². The SMILES string of the molecule is COc1ccc(S(=O)(=O)N(CC(=O)Nc2ccc(Oc3ccccc3)cc2)c2ccccc2OC)cc1. The van der Waals surface area contributed by atoms with Gasteiger partial charge < -0.3 is 19.5 Å². The van der Waals surface area contributed by atoms with Gasteiger partial charge in [-0.3, -0.25) is 9.10 Å². The third-order valence-corrected chi connectivity index (χ3v) is 7.18. The molecule has 4 rings (SSSR count). The molecule has 0 radical (unpaired) electrons. The van der Waals surface area contributed by atoms with E-state index in [1.165, 1.54) is 26.4 Å². The summed E-state index contributed by atoms with van der Waals surface area (Å²) in [5.74, 6) is 1.59. The average molecular weight is 519 g/mol. The van der Waals surface area contributed by atoms with Gasteiger partial charge >= 0.3 is 0 Å². The number of carbonyl (C=O) groups excluding carboxylic acids is 1. The van der Waals surface area contributed by atoms with Gasteiger partial charge in [-0.1, -0.05) is 30.3 Å². The number of hydrogen-bond donors (Lipinski definition) is 1. The molecule has 190 valence electrons. The number of benzene rings is 4. The number of rotatable bonds is 10. The summed E-state index contributed by atoms with van der Waals surface area (Å²) in [5, 5.41) is 2.75. The van der Waals surface area contributed by atoms with Gasteiger partial charge in [-0.25, -0.2) is 8.42 Å². The standard InChI is InChI=1S/C28H26N2O6S/c1-34-22-16-18-25(19-17-22)37(32,33)30(26-10-6-7-11-27(26)35-2)20-28(31)29-21-12-14-24(15-13-21)36-23-8-4-3-5-9-23/h3-19H,20H2,1-2H3,(H,29,31). The largest absolute Gasteiger partial charge is 0.497 e. The van der Waals surface area contributed by atoms with Crippen molar-refractivity contribution in [2.45, 2.75) is 4.90 Å². The highest BCUT2D eigenvalue weighted by Crippen LogP contribution is 2.32. The Morgan fingerprint density at radius 2 is 1.32 bits per heavy atom. The van der Waals surface area contributed by atoms with Crippen LogP contribution in [0.3, 0.4) is 0 Å². The van der Waals surface area contributed by atoms with E-state index in [2.05, 4.69) is 5.32 Å². The fourth-order valence-electron chi connectivity index (χ4n) is 3.57. The first-order valence-corrected chi connectivity index (χ1v) is 12.8. The number of sulfonamides is 1.